The lowest BCUT2D eigenvalue weighted by Crippen LogP contribution is -2.35. The Bertz CT molecular complexity index is 878. The van der Waals surface area contributed by atoms with Crippen LogP contribution in [0.1, 0.15) is 60.2 Å². The molecule has 5 nitrogen and oxygen atoms in total. The van der Waals surface area contributed by atoms with E-state index in [0.717, 1.165) is 38.0 Å². The van der Waals surface area contributed by atoms with Crippen LogP contribution in [-0.2, 0) is 0 Å². The van der Waals surface area contributed by atoms with Gasteiger partial charge in [-0.25, -0.2) is 4.39 Å². The van der Waals surface area contributed by atoms with Gasteiger partial charge in [0.25, 0.3) is 11.8 Å². The summed E-state index contributed by atoms with van der Waals surface area (Å²) in [4.78, 5) is 27.6. The van der Waals surface area contributed by atoms with Gasteiger partial charge in [0.05, 0.1) is 5.56 Å². The standard InChI is InChI=1S/C23H28FN3O2/c1-3-16(2)25-23(29)20-15-19(10-11-21(20)27-12-5-4-6-13-27)26-22(28)17-8-7-9-18(24)14-17/h7-11,14-16H,3-6,12-13H2,1-2H3,(H,25,29)(H,26,28)/t16-/m1/s1. The summed E-state index contributed by atoms with van der Waals surface area (Å²) in [6, 6.07) is 11.0. The van der Waals surface area contributed by atoms with Gasteiger partial charge >= 0.3 is 0 Å². The highest BCUT2D eigenvalue weighted by Gasteiger charge is 2.20. The van der Waals surface area contributed by atoms with Gasteiger partial charge < -0.3 is 15.5 Å². The van der Waals surface area contributed by atoms with Crippen molar-refractivity contribution in [3.8, 4) is 0 Å². The summed E-state index contributed by atoms with van der Waals surface area (Å²) < 4.78 is 13.4. The van der Waals surface area contributed by atoms with Gasteiger partial charge in [0.1, 0.15) is 5.82 Å². The first-order chi connectivity index (χ1) is 14.0. The van der Waals surface area contributed by atoms with Crippen molar-refractivity contribution < 1.29 is 14.0 Å². The lowest BCUT2D eigenvalue weighted by atomic mass is 10.0. The van der Waals surface area contributed by atoms with Crippen LogP contribution >= 0.6 is 0 Å². The van der Waals surface area contributed by atoms with E-state index >= 15 is 0 Å². The maximum absolute atomic E-state index is 13.4. The monoisotopic (exact) mass is 397 g/mol. The summed E-state index contributed by atoms with van der Waals surface area (Å²) in [6.07, 6.45) is 4.24. The van der Waals surface area contributed by atoms with Crippen LogP contribution in [0.3, 0.4) is 0 Å². The Labute approximate surface area is 171 Å². The molecule has 2 aromatic carbocycles. The predicted molar refractivity (Wildman–Crippen MR) is 114 cm³/mol. The Morgan fingerprint density at radius 1 is 1.07 bits per heavy atom. The van der Waals surface area contributed by atoms with Gasteiger partial charge in [0, 0.05) is 36.1 Å². The summed E-state index contributed by atoms with van der Waals surface area (Å²) >= 11 is 0. The minimum absolute atomic E-state index is 0.0576. The molecule has 0 radical (unpaired) electrons. The molecule has 1 heterocycles. The van der Waals surface area contributed by atoms with Crippen molar-refractivity contribution in [1.82, 2.24) is 5.32 Å². The van der Waals surface area contributed by atoms with E-state index in [1.54, 1.807) is 18.2 Å². The molecule has 29 heavy (non-hydrogen) atoms. The molecule has 1 atom stereocenters. The molecule has 0 aliphatic carbocycles. The zero-order valence-corrected chi connectivity index (χ0v) is 17.0. The Morgan fingerprint density at radius 3 is 2.52 bits per heavy atom. The van der Waals surface area contributed by atoms with Crippen LogP contribution < -0.4 is 15.5 Å². The highest BCUT2D eigenvalue weighted by molar-refractivity contribution is 6.06. The number of carbonyl (C=O) groups is 2. The highest BCUT2D eigenvalue weighted by Crippen LogP contribution is 2.27. The van der Waals surface area contributed by atoms with E-state index in [1.807, 2.05) is 19.9 Å². The first kappa shape index (κ1) is 20.8. The summed E-state index contributed by atoms with van der Waals surface area (Å²) in [5.41, 5.74) is 2.17. The highest BCUT2D eigenvalue weighted by atomic mass is 19.1. The molecule has 1 saturated heterocycles. The number of halogens is 1. The molecule has 0 saturated carbocycles. The molecule has 0 bridgehead atoms. The maximum atomic E-state index is 13.4. The Balaban J connectivity index is 1.87. The van der Waals surface area contributed by atoms with Crippen molar-refractivity contribution >= 4 is 23.2 Å². The number of rotatable bonds is 6. The first-order valence-corrected chi connectivity index (χ1v) is 10.2. The van der Waals surface area contributed by atoms with Crippen molar-refractivity contribution in [1.29, 1.82) is 0 Å². The largest absolute Gasteiger partial charge is 0.371 e. The van der Waals surface area contributed by atoms with Crippen molar-refractivity contribution in [3.63, 3.8) is 0 Å². The molecule has 0 aromatic heterocycles. The summed E-state index contributed by atoms with van der Waals surface area (Å²) in [7, 11) is 0. The molecular formula is C23H28FN3O2. The van der Waals surface area contributed by atoms with E-state index in [9.17, 15) is 14.0 Å². The number of piperidine rings is 1. The molecule has 1 aliphatic rings. The lowest BCUT2D eigenvalue weighted by molar-refractivity contribution is 0.0938. The topological polar surface area (TPSA) is 61.4 Å². The number of nitrogens with one attached hydrogen (secondary N) is 2. The smallest absolute Gasteiger partial charge is 0.255 e. The van der Waals surface area contributed by atoms with Gasteiger partial charge in [-0.2, -0.15) is 0 Å². The normalized spacial score (nSPS) is 14.9. The zero-order chi connectivity index (χ0) is 20.8. The van der Waals surface area contributed by atoms with Gasteiger partial charge in [-0.15, -0.1) is 0 Å². The van der Waals surface area contributed by atoms with Crippen molar-refractivity contribution in [2.45, 2.75) is 45.6 Å². The second-order valence-corrected chi connectivity index (χ2v) is 7.53. The van der Waals surface area contributed by atoms with Crippen LogP contribution in [-0.4, -0.2) is 30.9 Å². The van der Waals surface area contributed by atoms with Gasteiger partial charge in [-0.3, -0.25) is 9.59 Å². The minimum Gasteiger partial charge on any atom is -0.371 e. The van der Waals surface area contributed by atoms with Gasteiger partial charge in [0.15, 0.2) is 0 Å². The Morgan fingerprint density at radius 2 is 1.83 bits per heavy atom. The lowest BCUT2D eigenvalue weighted by Gasteiger charge is -2.31. The summed E-state index contributed by atoms with van der Waals surface area (Å²) in [5, 5.41) is 5.79. The molecule has 2 N–H and O–H groups in total. The fourth-order valence-electron chi connectivity index (χ4n) is 3.44. The van der Waals surface area contributed by atoms with Crippen LogP contribution in [0.25, 0.3) is 0 Å². The molecule has 1 aliphatic heterocycles. The molecule has 1 fully saturated rings. The second kappa shape index (κ2) is 9.54. The average molecular weight is 397 g/mol. The third kappa shape index (κ3) is 5.34. The zero-order valence-electron chi connectivity index (χ0n) is 17.0. The average Bonchev–Trinajstić information content (AvgIpc) is 2.74. The number of nitrogens with zero attached hydrogens (tertiary/aromatic N) is 1. The van der Waals surface area contributed by atoms with E-state index in [-0.39, 0.29) is 17.5 Å². The molecule has 2 aromatic rings. The Hall–Kier alpha value is -2.89. The molecule has 6 heteroatoms. The van der Waals surface area contributed by atoms with Gasteiger partial charge in [-0.05, 0) is 69.0 Å². The van der Waals surface area contributed by atoms with E-state index < -0.39 is 11.7 Å². The van der Waals surface area contributed by atoms with Crippen LogP contribution in [0.2, 0.25) is 0 Å². The van der Waals surface area contributed by atoms with Crippen LogP contribution in [0, 0.1) is 5.82 Å². The number of hydrogen-bond acceptors (Lipinski definition) is 3. The van der Waals surface area contributed by atoms with Crippen molar-refractivity contribution in [3.05, 3.63) is 59.4 Å². The van der Waals surface area contributed by atoms with Gasteiger partial charge in [0.2, 0.25) is 0 Å². The minimum atomic E-state index is -0.466. The number of anilines is 2. The van der Waals surface area contributed by atoms with E-state index in [2.05, 4.69) is 15.5 Å². The fourth-order valence-corrected chi connectivity index (χ4v) is 3.44. The van der Waals surface area contributed by atoms with Crippen LogP contribution in [0.5, 0.6) is 0 Å². The SMILES string of the molecule is CC[C@@H](C)NC(=O)c1cc(NC(=O)c2cccc(F)c2)ccc1N1CCCCC1. The van der Waals surface area contributed by atoms with E-state index in [0.29, 0.717) is 11.3 Å². The number of amides is 2. The third-order valence-electron chi connectivity index (χ3n) is 5.27. The maximum Gasteiger partial charge on any atom is 0.255 e. The molecular weight excluding hydrogens is 369 g/mol. The van der Waals surface area contributed by atoms with Crippen LogP contribution in [0.4, 0.5) is 15.8 Å². The quantitative estimate of drug-likeness (QED) is 0.749. The first-order valence-electron chi connectivity index (χ1n) is 10.2. The van der Waals surface area contributed by atoms with Gasteiger partial charge in [-0.1, -0.05) is 13.0 Å². The van der Waals surface area contributed by atoms with Crippen LogP contribution in [0.15, 0.2) is 42.5 Å². The molecule has 154 valence electrons. The summed E-state index contributed by atoms with van der Waals surface area (Å²) in [5.74, 6) is -1.03. The second-order valence-electron chi connectivity index (χ2n) is 7.53. The predicted octanol–water partition coefficient (Wildman–Crippen LogP) is 4.60. The number of hydrogen-bond donors (Lipinski definition) is 2. The number of carbonyl (C=O) groups excluding carboxylic acids is 2. The van der Waals surface area contributed by atoms with E-state index in [4.69, 9.17) is 0 Å². The molecule has 0 unspecified atom stereocenters. The summed E-state index contributed by atoms with van der Waals surface area (Å²) in [6.45, 7) is 5.82. The van der Waals surface area contributed by atoms with Crippen molar-refractivity contribution in [2.75, 3.05) is 23.3 Å². The Kier molecular flexibility index (Phi) is 6.86. The third-order valence-corrected chi connectivity index (χ3v) is 5.27. The molecule has 0 spiro atoms. The molecule has 3 rings (SSSR count). The molecule has 2 amide bonds. The fraction of sp³-hybridized carbons (Fsp3) is 0.391. The van der Waals surface area contributed by atoms with E-state index in [1.165, 1.54) is 24.6 Å². The van der Waals surface area contributed by atoms with Crippen molar-refractivity contribution in [2.24, 2.45) is 0 Å². The number of benzene rings is 2.